The molecule has 0 radical (unpaired) electrons. The molecule has 19 heavy (non-hydrogen) atoms. The van der Waals surface area contributed by atoms with Gasteiger partial charge in [-0.25, -0.2) is 0 Å². The Hall–Kier alpha value is -1.55. The van der Waals surface area contributed by atoms with Crippen LogP contribution in [0.4, 0.5) is 0 Å². The number of benzene rings is 1. The first-order valence-electron chi connectivity index (χ1n) is 6.26. The third kappa shape index (κ3) is 3.26. The number of halogens is 1. The van der Waals surface area contributed by atoms with E-state index in [0.29, 0.717) is 29.3 Å². The Morgan fingerprint density at radius 2 is 2.32 bits per heavy atom. The average Bonchev–Trinajstić information content (AvgIpc) is 2.81. The lowest BCUT2D eigenvalue weighted by Gasteiger charge is -2.12. The summed E-state index contributed by atoms with van der Waals surface area (Å²) in [5, 5.41) is 3.30. The molecule has 5 heteroatoms. The lowest BCUT2D eigenvalue weighted by molar-refractivity contribution is -0.120. The highest BCUT2D eigenvalue weighted by molar-refractivity contribution is 6.30. The number of carbonyl (C=O) groups is 2. The fourth-order valence-corrected chi connectivity index (χ4v) is 2.43. The summed E-state index contributed by atoms with van der Waals surface area (Å²) in [6.07, 6.45) is 2.41. The van der Waals surface area contributed by atoms with Crippen LogP contribution in [0, 0.1) is 5.92 Å². The van der Waals surface area contributed by atoms with E-state index in [-0.39, 0.29) is 17.6 Å². The van der Waals surface area contributed by atoms with Crippen molar-refractivity contribution in [3.8, 4) is 5.75 Å². The van der Waals surface area contributed by atoms with Gasteiger partial charge in [0, 0.05) is 23.9 Å². The van der Waals surface area contributed by atoms with Crippen molar-refractivity contribution in [1.82, 2.24) is 5.32 Å². The standard InChI is InChI=1S/C14H16ClNO3/c1-19-13-7-10(15)5-6-11(13)14(18)16-8-9-3-2-4-12(9)17/h5-7,9H,2-4,8H2,1H3,(H,16,18). The van der Waals surface area contributed by atoms with Crippen molar-refractivity contribution in [2.75, 3.05) is 13.7 Å². The monoisotopic (exact) mass is 281 g/mol. The van der Waals surface area contributed by atoms with Crippen LogP contribution in [-0.2, 0) is 4.79 Å². The van der Waals surface area contributed by atoms with Gasteiger partial charge in [-0.2, -0.15) is 0 Å². The normalized spacial score (nSPS) is 18.4. The van der Waals surface area contributed by atoms with Crippen LogP contribution in [0.3, 0.4) is 0 Å². The molecule has 1 aliphatic carbocycles. The number of carbonyl (C=O) groups excluding carboxylic acids is 2. The molecule has 1 saturated carbocycles. The van der Waals surface area contributed by atoms with Crippen molar-refractivity contribution in [3.63, 3.8) is 0 Å². The highest BCUT2D eigenvalue weighted by Gasteiger charge is 2.25. The molecule has 0 aliphatic heterocycles. The van der Waals surface area contributed by atoms with E-state index in [0.717, 1.165) is 12.8 Å². The molecule has 0 bridgehead atoms. The molecule has 4 nitrogen and oxygen atoms in total. The van der Waals surface area contributed by atoms with Crippen molar-refractivity contribution >= 4 is 23.3 Å². The third-order valence-corrected chi connectivity index (χ3v) is 3.58. The van der Waals surface area contributed by atoms with Gasteiger partial charge in [-0.3, -0.25) is 9.59 Å². The molecule has 1 atom stereocenters. The summed E-state index contributed by atoms with van der Waals surface area (Å²) in [5.74, 6) is 0.390. The largest absolute Gasteiger partial charge is 0.496 e. The lowest BCUT2D eigenvalue weighted by Crippen LogP contribution is -2.31. The van der Waals surface area contributed by atoms with Crippen LogP contribution >= 0.6 is 11.6 Å². The summed E-state index contributed by atoms with van der Waals surface area (Å²) in [4.78, 5) is 23.6. The molecule has 0 spiro atoms. The first-order chi connectivity index (χ1) is 9.11. The van der Waals surface area contributed by atoms with Crippen LogP contribution in [-0.4, -0.2) is 25.3 Å². The van der Waals surface area contributed by atoms with Crippen molar-refractivity contribution in [1.29, 1.82) is 0 Å². The van der Waals surface area contributed by atoms with Gasteiger partial charge in [0.05, 0.1) is 12.7 Å². The fraction of sp³-hybridized carbons (Fsp3) is 0.429. The lowest BCUT2D eigenvalue weighted by atomic mass is 10.1. The molecule has 0 heterocycles. The molecule has 0 saturated heterocycles. The van der Waals surface area contributed by atoms with Crippen LogP contribution < -0.4 is 10.1 Å². The van der Waals surface area contributed by atoms with Gasteiger partial charge in [-0.1, -0.05) is 11.6 Å². The first-order valence-corrected chi connectivity index (χ1v) is 6.64. The Morgan fingerprint density at radius 1 is 1.53 bits per heavy atom. The molecule has 2 rings (SSSR count). The smallest absolute Gasteiger partial charge is 0.255 e. The number of rotatable bonds is 4. The van der Waals surface area contributed by atoms with Gasteiger partial charge in [0.2, 0.25) is 0 Å². The van der Waals surface area contributed by atoms with Crippen molar-refractivity contribution in [2.24, 2.45) is 5.92 Å². The molecule has 1 aromatic carbocycles. The van der Waals surface area contributed by atoms with E-state index in [1.807, 2.05) is 0 Å². The van der Waals surface area contributed by atoms with Crippen molar-refractivity contribution in [2.45, 2.75) is 19.3 Å². The Morgan fingerprint density at radius 3 is 2.95 bits per heavy atom. The number of ether oxygens (including phenoxy) is 1. The molecular formula is C14H16ClNO3. The summed E-state index contributed by atoms with van der Waals surface area (Å²) in [6, 6.07) is 4.85. The summed E-state index contributed by atoms with van der Waals surface area (Å²) in [7, 11) is 1.49. The molecule has 1 aromatic rings. The van der Waals surface area contributed by atoms with E-state index >= 15 is 0 Å². The minimum absolute atomic E-state index is 0.0396. The number of Topliss-reactive ketones (excluding diaryl/α,β-unsaturated/α-hetero) is 1. The minimum atomic E-state index is -0.242. The van der Waals surface area contributed by atoms with Gasteiger partial charge >= 0.3 is 0 Å². The zero-order valence-corrected chi connectivity index (χ0v) is 11.5. The molecule has 1 unspecified atom stereocenters. The topological polar surface area (TPSA) is 55.4 Å². The second-order valence-corrected chi connectivity index (χ2v) is 5.05. The molecular weight excluding hydrogens is 266 g/mol. The highest BCUT2D eigenvalue weighted by atomic mass is 35.5. The van der Waals surface area contributed by atoms with Gasteiger partial charge in [-0.05, 0) is 31.0 Å². The van der Waals surface area contributed by atoms with E-state index in [2.05, 4.69) is 5.32 Å². The zero-order valence-electron chi connectivity index (χ0n) is 10.7. The van der Waals surface area contributed by atoms with Crippen LogP contribution in [0.1, 0.15) is 29.6 Å². The van der Waals surface area contributed by atoms with E-state index in [9.17, 15) is 9.59 Å². The minimum Gasteiger partial charge on any atom is -0.496 e. The third-order valence-electron chi connectivity index (χ3n) is 3.35. The maximum absolute atomic E-state index is 12.1. The predicted octanol–water partition coefficient (Wildman–Crippen LogP) is 2.45. The second kappa shape index (κ2) is 6.06. The van der Waals surface area contributed by atoms with Crippen LogP contribution in [0.15, 0.2) is 18.2 Å². The molecule has 1 N–H and O–H groups in total. The maximum atomic E-state index is 12.1. The number of hydrogen-bond donors (Lipinski definition) is 1. The Kier molecular flexibility index (Phi) is 4.43. The van der Waals surface area contributed by atoms with Crippen molar-refractivity contribution < 1.29 is 14.3 Å². The number of amides is 1. The SMILES string of the molecule is COc1cc(Cl)ccc1C(=O)NCC1CCCC1=O. The number of hydrogen-bond acceptors (Lipinski definition) is 3. The number of methoxy groups -OCH3 is 1. The molecule has 0 aromatic heterocycles. The molecule has 1 fully saturated rings. The Bertz CT molecular complexity index is 501. The van der Waals surface area contributed by atoms with Crippen molar-refractivity contribution in [3.05, 3.63) is 28.8 Å². The fourth-order valence-electron chi connectivity index (χ4n) is 2.27. The Balaban J connectivity index is 2.01. The zero-order chi connectivity index (χ0) is 13.8. The second-order valence-electron chi connectivity index (χ2n) is 4.61. The summed E-state index contributed by atoms with van der Waals surface area (Å²) < 4.78 is 5.13. The molecule has 1 aliphatic rings. The summed E-state index contributed by atoms with van der Waals surface area (Å²) >= 11 is 5.84. The van der Waals surface area contributed by atoms with Gasteiger partial charge in [0.1, 0.15) is 11.5 Å². The quantitative estimate of drug-likeness (QED) is 0.922. The summed E-state index contributed by atoms with van der Waals surface area (Å²) in [5.41, 5.74) is 0.428. The van der Waals surface area contributed by atoms with E-state index in [1.165, 1.54) is 7.11 Å². The van der Waals surface area contributed by atoms with E-state index < -0.39 is 0 Å². The Labute approximate surface area is 117 Å². The maximum Gasteiger partial charge on any atom is 0.255 e. The number of ketones is 1. The van der Waals surface area contributed by atoms with Gasteiger partial charge in [-0.15, -0.1) is 0 Å². The van der Waals surface area contributed by atoms with Crippen LogP contribution in [0.2, 0.25) is 5.02 Å². The van der Waals surface area contributed by atoms with Gasteiger partial charge < -0.3 is 10.1 Å². The molecule has 102 valence electrons. The van der Waals surface area contributed by atoms with Crippen LogP contribution in [0.5, 0.6) is 5.75 Å². The first kappa shape index (κ1) is 13.9. The number of nitrogens with one attached hydrogen (secondary N) is 1. The van der Waals surface area contributed by atoms with Gasteiger partial charge in [0.25, 0.3) is 5.91 Å². The molecule has 1 amide bonds. The van der Waals surface area contributed by atoms with E-state index in [1.54, 1.807) is 18.2 Å². The highest BCUT2D eigenvalue weighted by Crippen LogP contribution is 2.24. The van der Waals surface area contributed by atoms with Crippen LogP contribution in [0.25, 0.3) is 0 Å². The average molecular weight is 282 g/mol. The summed E-state index contributed by atoms with van der Waals surface area (Å²) in [6.45, 7) is 0.392. The predicted molar refractivity (Wildman–Crippen MR) is 72.7 cm³/mol. The van der Waals surface area contributed by atoms with Gasteiger partial charge in [0.15, 0.2) is 0 Å². The van der Waals surface area contributed by atoms with E-state index in [4.69, 9.17) is 16.3 Å².